The first kappa shape index (κ1) is 23.2. The number of nitriles is 1. The number of esters is 1. The summed E-state index contributed by atoms with van der Waals surface area (Å²) in [5.41, 5.74) is 7.84. The monoisotopic (exact) mass is 439 g/mol. The maximum absolute atomic E-state index is 13.1. The molecule has 0 radical (unpaired) electrons. The molecule has 0 fully saturated rings. The second-order valence-electron chi connectivity index (χ2n) is 8.71. The third-order valence-corrected chi connectivity index (χ3v) is 5.27. The van der Waals surface area contributed by atoms with Gasteiger partial charge in [0.25, 0.3) is 0 Å². The van der Waals surface area contributed by atoms with Crippen LogP contribution < -0.4 is 10.6 Å². The number of aryl methyl sites for hydroxylation is 1. The maximum atomic E-state index is 13.1. The number of fused-ring (bicyclic) bond motifs is 1. The number of ether oxygens (including phenoxy) is 3. The number of hydrogen-bond acceptors (Lipinski definition) is 7. The van der Waals surface area contributed by atoms with Gasteiger partial charge in [-0.25, -0.2) is 9.59 Å². The zero-order valence-corrected chi connectivity index (χ0v) is 19.2. The van der Waals surface area contributed by atoms with Crippen molar-refractivity contribution >= 4 is 17.7 Å². The molecule has 0 bridgehead atoms. The third kappa shape index (κ3) is 4.42. The van der Waals surface area contributed by atoms with Crippen LogP contribution in [0.15, 0.2) is 41.0 Å². The van der Waals surface area contributed by atoms with Gasteiger partial charge in [-0.3, -0.25) is 4.90 Å². The van der Waals surface area contributed by atoms with Crippen molar-refractivity contribution in [2.24, 2.45) is 5.73 Å². The lowest BCUT2D eigenvalue weighted by atomic mass is 9.80. The Labute approximate surface area is 188 Å². The van der Waals surface area contributed by atoms with E-state index in [4.69, 9.17) is 19.9 Å². The summed E-state index contributed by atoms with van der Waals surface area (Å²) in [7, 11) is 0. The lowest BCUT2D eigenvalue weighted by Crippen LogP contribution is -2.41. The molecule has 8 heteroatoms. The van der Waals surface area contributed by atoms with E-state index in [1.165, 1.54) is 0 Å². The van der Waals surface area contributed by atoms with Gasteiger partial charge >= 0.3 is 12.1 Å². The minimum atomic E-state index is -0.828. The van der Waals surface area contributed by atoms with E-state index in [9.17, 15) is 14.9 Å². The lowest BCUT2D eigenvalue weighted by Gasteiger charge is -2.36. The van der Waals surface area contributed by atoms with E-state index in [0.717, 1.165) is 18.4 Å². The molecule has 1 amide bonds. The predicted molar refractivity (Wildman–Crippen MR) is 118 cm³/mol. The van der Waals surface area contributed by atoms with E-state index < -0.39 is 23.6 Å². The number of allylic oxidation sites excluding steroid dienone is 2. The van der Waals surface area contributed by atoms with Crippen LogP contribution >= 0.6 is 0 Å². The van der Waals surface area contributed by atoms with Crippen LogP contribution in [0, 0.1) is 11.3 Å². The number of nitrogens with zero attached hydrogens (tertiary/aromatic N) is 2. The summed E-state index contributed by atoms with van der Waals surface area (Å²) in [6.07, 6.45) is 1.04. The summed E-state index contributed by atoms with van der Waals surface area (Å²) in [4.78, 5) is 27.6. The highest BCUT2D eigenvalue weighted by Crippen LogP contribution is 2.45. The number of benzene rings is 1. The number of carbonyl (C=O) groups is 2. The van der Waals surface area contributed by atoms with Crippen molar-refractivity contribution in [1.82, 2.24) is 0 Å². The Morgan fingerprint density at radius 2 is 2.06 bits per heavy atom. The first-order chi connectivity index (χ1) is 15.1. The van der Waals surface area contributed by atoms with Gasteiger partial charge in [0, 0.05) is 6.54 Å². The van der Waals surface area contributed by atoms with Crippen LogP contribution in [0.4, 0.5) is 10.5 Å². The van der Waals surface area contributed by atoms with Gasteiger partial charge in [0.2, 0.25) is 5.88 Å². The number of nitrogens with two attached hydrogens (primary N) is 1. The molecule has 0 spiro atoms. The van der Waals surface area contributed by atoms with E-state index in [-0.39, 0.29) is 29.4 Å². The average Bonchev–Trinajstić information content (AvgIpc) is 2.71. The minimum absolute atomic E-state index is 0.0692. The molecule has 2 aliphatic heterocycles. The average molecular weight is 440 g/mol. The third-order valence-electron chi connectivity index (χ3n) is 5.27. The molecule has 2 N–H and O–H groups in total. The van der Waals surface area contributed by atoms with Crippen LogP contribution in [0.1, 0.15) is 58.1 Å². The number of anilines is 1. The van der Waals surface area contributed by atoms with Gasteiger partial charge in [0.1, 0.15) is 23.0 Å². The molecule has 1 aromatic rings. The van der Waals surface area contributed by atoms with Gasteiger partial charge in [-0.15, -0.1) is 0 Å². The van der Waals surface area contributed by atoms with Crippen molar-refractivity contribution in [2.45, 2.75) is 59.0 Å². The highest BCUT2D eigenvalue weighted by atomic mass is 16.6. The Morgan fingerprint density at radius 1 is 1.34 bits per heavy atom. The molecule has 8 nitrogen and oxygen atoms in total. The lowest BCUT2D eigenvalue weighted by molar-refractivity contribution is -0.139. The Bertz CT molecular complexity index is 1040. The quantitative estimate of drug-likeness (QED) is 0.707. The van der Waals surface area contributed by atoms with Crippen LogP contribution in [0.5, 0.6) is 0 Å². The first-order valence-corrected chi connectivity index (χ1v) is 10.7. The first-order valence-electron chi connectivity index (χ1n) is 10.7. The number of para-hydroxylation sites is 1. The molecule has 2 aliphatic rings. The summed E-state index contributed by atoms with van der Waals surface area (Å²) < 4.78 is 16.4. The van der Waals surface area contributed by atoms with Gasteiger partial charge in [-0.1, -0.05) is 18.2 Å². The summed E-state index contributed by atoms with van der Waals surface area (Å²) in [5, 5.41) is 9.89. The van der Waals surface area contributed by atoms with E-state index in [1.807, 2.05) is 32.9 Å². The molecule has 170 valence electrons. The van der Waals surface area contributed by atoms with Crippen LogP contribution in [-0.4, -0.2) is 30.8 Å². The molecular formula is C24H29N3O5. The Hall–Kier alpha value is -3.47. The highest BCUT2D eigenvalue weighted by Gasteiger charge is 2.40. The molecule has 1 atom stereocenters. The van der Waals surface area contributed by atoms with Crippen molar-refractivity contribution in [3.8, 4) is 6.07 Å². The highest BCUT2D eigenvalue weighted by molar-refractivity contribution is 5.95. The molecular weight excluding hydrogens is 410 g/mol. The van der Waals surface area contributed by atoms with Crippen molar-refractivity contribution in [3.05, 3.63) is 52.1 Å². The Morgan fingerprint density at radius 3 is 2.69 bits per heavy atom. The zero-order chi connectivity index (χ0) is 23.6. The van der Waals surface area contributed by atoms with Crippen molar-refractivity contribution in [1.29, 1.82) is 5.26 Å². The van der Waals surface area contributed by atoms with Gasteiger partial charge in [0.15, 0.2) is 0 Å². The SMILES string of the molecule is CCOC(=O)C1=C(C)OC(N)=C(C#N)C1c1cccc2c1N(C(=O)OC(C)(C)C)CCC2. The molecule has 2 heterocycles. The van der Waals surface area contributed by atoms with Gasteiger partial charge in [-0.05, 0) is 58.6 Å². The largest absolute Gasteiger partial charge is 0.463 e. The fourth-order valence-corrected chi connectivity index (χ4v) is 4.08. The molecule has 0 aromatic heterocycles. The van der Waals surface area contributed by atoms with E-state index >= 15 is 0 Å². The number of hydrogen-bond donors (Lipinski definition) is 1. The molecule has 32 heavy (non-hydrogen) atoms. The Balaban J connectivity index is 2.22. The van der Waals surface area contributed by atoms with Gasteiger partial charge < -0.3 is 19.9 Å². The minimum Gasteiger partial charge on any atom is -0.463 e. The predicted octanol–water partition coefficient (Wildman–Crippen LogP) is 4.02. The van der Waals surface area contributed by atoms with Crippen molar-refractivity contribution < 1.29 is 23.8 Å². The topological polar surface area (TPSA) is 115 Å². The second kappa shape index (κ2) is 8.95. The van der Waals surface area contributed by atoms with Gasteiger partial charge in [-0.2, -0.15) is 5.26 Å². The number of carbonyl (C=O) groups excluding carboxylic acids is 2. The second-order valence-corrected chi connectivity index (χ2v) is 8.71. The van der Waals surface area contributed by atoms with E-state index in [1.54, 1.807) is 24.8 Å². The number of amides is 1. The maximum Gasteiger partial charge on any atom is 0.414 e. The summed E-state index contributed by atoms with van der Waals surface area (Å²) in [5.74, 6) is -1.22. The van der Waals surface area contributed by atoms with Crippen molar-refractivity contribution in [3.63, 3.8) is 0 Å². The van der Waals surface area contributed by atoms with Gasteiger partial charge in [0.05, 0.1) is 23.8 Å². The standard InChI is InChI=1S/C24H29N3O5/c1-6-30-22(28)18-14(2)31-21(26)17(13-25)19(18)16-11-7-9-15-10-8-12-27(20(15)16)23(29)32-24(3,4)5/h7,9,11,19H,6,8,10,12,26H2,1-5H3. The molecule has 1 unspecified atom stereocenters. The molecule has 3 rings (SSSR count). The van der Waals surface area contributed by atoms with E-state index in [0.29, 0.717) is 17.8 Å². The van der Waals surface area contributed by atoms with Crippen molar-refractivity contribution in [2.75, 3.05) is 18.1 Å². The summed E-state index contributed by atoms with van der Waals surface area (Å²) >= 11 is 0. The molecule has 0 aliphatic carbocycles. The van der Waals surface area contributed by atoms with Crippen LogP contribution in [0.2, 0.25) is 0 Å². The van der Waals surface area contributed by atoms with Crippen LogP contribution in [0.3, 0.4) is 0 Å². The smallest absolute Gasteiger partial charge is 0.414 e. The molecule has 0 saturated carbocycles. The summed E-state index contributed by atoms with van der Waals surface area (Å²) in [6.45, 7) is 9.37. The normalized spacial score (nSPS) is 18.5. The van der Waals surface area contributed by atoms with E-state index in [2.05, 4.69) is 6.07 Å². The zero-order valence-electron chi connectivity index (χ0n) is 19.2. The molecule has 0 saturated heterocycles. The number of rotatable bonds is 3. The van der Waals surface area contributed by atoms with Crippen LogP contribution in [0.25, 0.3) is 0 Å². The molecule has 1 aromatic carbocycles. The fraction of sp³-hybridized carbons (Fsp3) is 0.458. The summed E-state index contributed by atoms with van der Waals surface area (Å²) in [6, 6.07) is 7.68. The van der Waals surface area contributed by atoms with Crippen LogP contribution in [-0.2, 0) is 25.4 Å². The fourth-order valence-electron chi connectivity index (χ4n) is 4.08. The Kier molecular flexibility index (Phi) is 6.49.